The second kappa shape index (κ2) is 5.98. The highest BCUT2D eigenvalue weighted by molar-refractivity contribution is 7.91. The van der Waals surface area contributed by atoms with Crippen molar-refractivity contribution >= 4 is 9.84 Å². The third kappa shape index (κ3) is 4.03. The molecule has 0 saturated carbocycles. The molecule has 0 aliphatic carbocycles. The van der Waals surface area contributed by atoms with Crippen LogP contribution in [0, 0.1) is 5.41 Å². The topological polar surface area (TPSA) is 55.4 Å². The average Bonchev–Trinajstić information content (AvgIpc) is 2.53. The fourth-order valence-corrected chi connectivity index (χ4v) is 4.47. The summed E-state index contributed by atoms with van der Waals surface area (Å²) in [6.45, 7) is 4.50. The smallest absolute Gasteiger partial charge is 0.150 e. The summed E-state index contributed by atoms with van der Waals surface area (Å²) >= 11 is 0. The lowest BCUT2D eigenvalue weighted by molar-refractivity contribution is 0.145. The first kappa shape index (κ1) is 13.9. The third-order valence-electron chi connectivity index (χ3n) is 3.23. The number of rotatable bonds is 7. The fourth-order valence-electron chi connectivity index (χ4n) is 2.26. The molecule has 0 bridgehead atoms. The van der Waals surface area contributed by atoms with Gasteiger partial charge < -0.3 is 10.1 Å². The van der Waals surface area contributed by atoms with Gasteiger partial charge in [0.15, 0.2) is 9.84 Å². The standard InChI is InChI=1S/C11H23NO3S/c1-3-6-12-9-11(4-7-15-2)5-8-16(13,14)10-11/h12H,3-10H2,1-2H3. The summed E-state index contributed by atoms with van der Waals surface area (Å²) < 4.78 is 28.2. The molecule has 16 heavy (non-hydrogen) atoms. The predicted octanol–water partition coefficient (Wildman–Crippen LogP) is 0.827. The number of hydrogen-bond donors (Lipinski definition) is 1. The minimum Gasteiger partial charge on any atom is -0.385 e. The Kier molecular flexibility index (Phi) is 5.21. The molecule has 0 spiro atoms. The summed E-state index contributed by atoms with van der Waals surface area (Å²) in [6.07, 6.45) is 2.68. The summed E-state index contributed by atoms with van der Waals surface area (Å²) in [5, 5.41) is 3.34. The Bertz CT molecular complexity index is 302. The van der Waals surface area contributed by atoms with E-state index in [4.69, 9.17) is 4.74 Å². The lowest BCUT2D eigenvalue weighted by atomic mass is 9.84. The summed E-state index contributed by atoms with van der Waals surface area (Å²) in [4.78, 5) is 0. The zero-order chi connectivity index (χ0) is 12.1. The van der Waals surface area contributed by atoms with Gasteiger partial charge in [-0.25, -0.2) is 8.42 Å². The molecule has 1 heterocycles. The summed E-state index contributed by atoms with van der Waals surface area (Å²) in [7, 11) is -1.15. The second-order valence-corrected chi connectivity index (χ2v) is 6.95. The first-order chi connectivity index (χ1) is 7.54. The van der Waals surface area contributed by atoms with Crippen molar-refractivity contribution in [2.24, 2.45) is 5.41 Å². The zero-order valence-electron chi connectivity index (χ0n) is 10.3. The maximum Gasteiger partial charge on any atom is 0.150 e. The molecular weight excluding hydrogens is 226 g/mol. The van der Waals surface area contributed by atoms with Crippen molar-refractivity contribution in [3.63, 3.8) is 0 Å². The lowest BCUT2D eigenvalue weighted by Crippen LogP contribution is -2.36. The van der Waals surface area contributed by atoms with Crippen LogP contribution in [0.4, 0.5) is 0 Å². The van der Waals surface area contributed by atoms with Gasteiger partial charge in [0, 0.05) is 20.3 Å². The van der Waals surface area contributed by atoms with Crippen LogP contribution in [0.15, 0.2) is 0 Å². The van der Waals surface area contributed by atoms with Gasteiger partial charge >= 0.3 is 0 Å². The van der Waals surface area contributed by atoms with Crippen LogP contribution in [0.25, 0.3) is 0 Å². The SMILES string of the molecule is CCCNCC1(CCOC)CCS(=O)(=O)C1. The minimum absolute atomic E-state index is 0.0932. The molecule has 0 aromatic rings. The van der Waals surface area contributed by atoms with Gasteiger partial charge in [-0.15, -0.1) is 0 Å². The number of sulfone groups is 1. The van der Waals surface area contributed by atoms with Gasteiger partial charge in [0.25, 0.3) is 0 Å². The van der Waals surface area contributed by atoms with Gasteiger partial charge in [-0.3, -0.25) is 0 Å². The molecule has 1 unspecified atom stereocenters. The maximum absolute atomic E-state index is 11.6. The fraction of sp³-hybridized carbons (Fsp3) is 1.00. The van der Waals surface area contributed by atoms with Crippen molar-refractivity contribution in [1.29, 1.82) is 0 Å². The van der Waals surface area contributed by atoms with Gasteiger partial charge in [0.2, 0.25) is 0 Å². The quantitative estimate of drug-likeness (QED) is 0.679. The van der Waals surface area contributed by atoms with Crippen molar-refractivity contribution in [3.05, 3.63) is 0 Å². The largest absolute Gasteiger partial charge is 0.385 e. The van der Waals surface area contributed by atoms with Crippen LogP contribution in [0.1, 0.15) is 26.2 Å². The Morgan fingerprint density at radius 3 is 2.69 bits per heavy atom. The maximum atomic E-state index is 11.6. The van der Waals surface area contributed by atoms with E-state index in [1.54, 1.807) is 7.11 Å². The van der Waals surface area contributed by atoms with Gasteiger partial charge in [0.1, 0.15) is 0 Å². The molecular formula is C11H23NO3S. The molecule has 5 heteroatoms. The summed E-state index contributed by atoms with van der Waals surface area (Å²) in [5.41, 5.74) is -0.0932. The molecule has 96 valence electrons. The van der Waals surface area contributed by atoms with Crippen molar-refractivity contribution < 1.29 is 13.2 Å². The predicted molar refractivity (Wildman–Crippen MR) is 65.4 cm³/mol. The Balaban J connectivity index is 2.56. The van der Waals surface area contributed by atoms with Gasteiger partial charge in [-0.1, -0.05) is 6.92 Å². The van der Waals surface area contributed by atoms with E-state index in [0.717, 1.165) is 32.4 Å². The van der Waals surface area contributed by atoms with Crippen LogP contribution < -0.4 is 5.32 Å². The van der Waals surface area contributed by atoms with E-state index in [0.29, 0.717) is 18.1 Å². The van der Waals surface area contributed by atoms with Crippen molar-refractivity contribution in [3.8, 4) is 0 Å². The molecule has 0 aromatic heterocycles. The average molecular weight is 249 g/mol. The van der Waals surface area contributed by atoms with Crippen LogP contribution in [-0.2, 0) is 14.6 Å². The molecule has 1 atom stereocenters. The first-order valence-corrected chi connectivity index (χ1v) is 7.76. The van der Waals surface area contributed by atoms with Crippen molar-refractivity contribution in [2.45, 2.75) is 26.2 Å². The minimum atomic E-state index is -2.82. The molecule has 1 rings (SSSR count). The zero-order valence-corrected chi connectivity index (χ0v) is 11.1. The molecule has 4 nitrogen and oxygen atoms in total. The Hall–Kier alpha value is -0.130. The first-order valence-electron chi connectivity index (χ1n) is 5.94. The highest BCUT2D eigenvalue weighted by Gasteiger charge is 2.41. The van der Waals surface area contributed by atoms with Crippen LogP contribution in [0.5, 0.6) is 0 Å². The van der Waals surface area contributed by atoms with Crippen LogP contribution in [0.3, 0.4) is 0 Å². The molecule has 1 N–H and O–H groups in total. The van der Waals surface area contributed by atoms with Gasteiger partial charge in [0.05, 0.1) is 11.5 Å². The Morgan fingerprint density at radius 2 is 2.19 bits per heavy atom. The van der Waals surface area contributed by atoms with Crippen molar-refractivity contribution in [1.82, 2.24) is 5.32 Å². The molecule has 1 fully saturated rings. The van der Waals surface area contributed by atoms with E-state index < -0.39 is 9.84 Å². The van der Waals surface area contributed by atoms with Crippen LogP contribution in [0.2, 0.25) is 0 Å². The number of ether oxygens (including phenoxy) is 1. The highest BCUT2D eigenvalue weighted by Crippen LogP contribution is 2.35. The monoisotopic (exact) mass is 249 g/mol. The normalized spacial score (nSPS) is 28.4. The summed E-state index contributed by atoms with van der Waals surface area (Å²) in [5.74, 6) is 0.657. The molecule has 1 aliphatic heterocycles. The van der Waals surface area contributed by atoms with Gasteiger partial charge in [-0.05, 0) is 31.2 Å². The van der Waals surface area contributed by atoms with E-state index in [1.807, 2.05) is 0 Å². The molecule has 1 saturated heterocycles. The van der Waals surface area contributed by atoms with Gasteiger partial charge in [-0.2, -0.15) is 0 Å². The van der Waals surface area contributed by atoms with E-state index in [1.165, 1.54) is 0 Å². The van der Waals surface area contributed by atoms with E-state index in [-0.39, 0.29) is 5.41 Å². The van der Waals surface area contributed by atoms with E-state index >= 15 is 0 Å². The molecule has 0 aromatic carbocycles. The molecule has 1 aliphatic rings. The van der Waals surface area contributed by atoms with E-state index in [9.17, 15) is 8.42 Å². The highest BCUT2D eigenvalue weighted by atomic mass is 32.2. The van der Waals surface area contributed by atoms with Crippen LogP contribution in [-0.4, -0.2) is 46.7 Å². The van der Waals surface area contributed by atoms with Crippen LogP contribution >= 0.6 is 0 Å². The number of nitrogens with one attached hydrogen (secondary N) is 1. The van der Waals surface area contributed by atoms with Crippen molar-refractivity contribution in [2.75, 3.05) is 38.3 Å². The molecule has 0 radical (unpaired) electrons. The molecule has 0 amide bonds. The Labute approximate surface area is 98.7 Å². The van der Waals surface area contributed by atoms with E-state index in [2.05, 4.69) is 12.2 Å². The summed E-state index contributed by atoms with van der Waals surface area (Å²) in [6, 6.07) is 0. The lowest BCUT2D eigenvalue weighted by Gasteiger charge is -2.27. The number of methoxy groups -OCH3 is 1. The number of hydrogen-bond acceptors (Lipinski definition) is 4. The second-order valence-electron chi connectivity index (χ2n) is 4.76. The Morgan fingerprint density at radius 1 is 1.44 bits per heavy atom. The third-order valence-corrected chi connectivity index (χ3v) is 5.11.